The van der Waals surface area contributed by atoms with Crippen molar-refractivity contribution in [2.45, 2.75) is 12.5 Å². The highest BCUT2D eigenvalue weighted by atomic mass is 35.5. The molecule has 3 nitrogen and oxygen atoms in total. The molecule has 0 amide bonds. The van der Waals surface area contributed by atoms with E-state index in [2.05, 4.69) is 11.2 Å². The predicted molar refractivity (Wildman–Crippen MR) is 84.1 cm³/mol. The Morgan fingerprint density at radius 1 is 1.10 bits per heavy atom. The topological polar surface area (TPSA) is 39.4 Å². The number of nitrogens with zero attached hydrogens (tertiary/aromatic N) is 3. The summed E-state index contributed by atoms with van der Waals surface area (Å²) in [4.78, 5) is 0. The maximum Gasteiger partial charge on any atom is 0.158 e. The molecule has 0 fully saturated rings. The second kappa shape index (κ2) is 5.99. The monoisotopic (exact) mass is 295 g/mol. The third-order valence-electron chi connectivity index (χ3n) is 3.54. The van der Waals surface area contributed by atoms with Crippen LogP contribution in [0.2, 0.25) is 5.02 Å². The van der Waals surface area contributed by atoms with Crippen LogP contribution in [-0.4, -0.2) is 17.3 Å². The highest BCUT2D eigenvalue weighted by Crippen LogP contribution is 2.26. The first-order valence-electron chi connectivity index (χ1n) is 6.82. The molecule has 1 aliphatic rings. The molecule has 0 radical (unpaired) electrons. The molecule has 4 heteroatoms. The van der Waals surface area contributed by atoms with E-state index in [-0.39, 0.29) is 6.04 Å². The summed E-state index contributed by atoms with van der Waals surface area (Å²) in [6, 6.07) is 19.4. The zero-order valence-corrected chi connectivity index (χ0v) is 12.2. The molecular formula is C17H14ClN3. The quantitative estimate of drug-likeness (QED) is 0.858. The van der Waals surface area contributed by atoms with Crippen LogP contribution < -0.4 is 0 Å². The fraction of sp³-hybridized carbons (Fsp3) is 0.176. The Kier molecular flexibility index (Phi) is 3.89. The standard InChI is InChI=1S/C17H14ClN3/c18-15-8-6-14(7-9-15)17(12-19)21-11-10-16(20-21)13-4-2-1-3-5-13/h1-9,17H,10-11H2/t17-/m0/s1. The Bertz CT molecular complexity index is 686. The highest BCUT2D eigenvalue weighted by Gasteiger charge is 2.24. The van der Waals surface area contributed by atoms with Crippen LogP contribution in [0.15, 0.2) is 59.7 Å². The van der Waals surface area contributed by atoms with Gasteiger partial charge in [-0.25, -0.2) is 0 Å². The van der Waals surface area contributed by atoms with Crippen LogP contribution in [0.3, 0.4) is 0 Å². The Balaban J connectivity index is 1.85. The second-order valence-corrected chi connectivity index (χ2v) is 5.35. The summed E-state index contributed by atoms with van der Waals surface area (Å²) in [6.07, 6.45) is 0.857. The third kappa shape index (κ3) is 2.91. The normalized spacial score (nSPS) is 15.4. The zero-order chi connectivity index (χ0) is 14.7. The molecule has 3 rings (SSSR count). The van der Waals surface area contributed by atoms with Crippen molar-refractivity contribution in [3.05, 3.63) is 70.7 Å². The van der Waals surface area contributed by atoms with Gasteiger partial charge in [0.15, 0.2) is 6.04 Å². The molecule has 1 aliphatic heterocycles. The van der Waals surface area contributed by atoms with Gasteiger partial charge in [-0.2, -0.15) is 10.4 Å². The van der Waals surface area contributed by atoms with Crippen LogP contribution in [0.5, 0.6) is 0 Å². The summed E-state index contributed by atoms with van der Waals surface area (Å²) in [6.45, 7) is 0.755. The molecule has 0 unspecified atom stereocenters. The SMILES string of the molecule is N#C[C@@H](c1ccc(Cl)cc1)N1CCC(c2ccccc2)=N1. The molecule has 0 saturated heterocycles. The number of halogens is 1. The average Bonchev–Trinajstić information content (AvgIpc) is 3.00. The van der Waals surface area contributed by atoms with E-state index >= 15 is 0 Å². The Morgan fingerprint density at radius 2 is 1.81 bits per heavy atom. The first-order valence-corrected chi connectivity index (χ1v) is 7.20. The molecule has 2 aromatic rings. The summed E-state index contributed by atoms with van der Waals surface area (Å²) in [5, 5.41) is 16.6. The number of benzene rings is 2. The fourth-order valence-corrected chi connectivity index (χ4v) is 2.58. The van der Waals surface area contributed by atoms with Gasteiger partial charge < -0.3 is 0 Å². The van der Waals surface area contributed by atoms with Crippen molar-refractivity contribution in [1.82, 2.24) is 5.01 Å². The van der Waals surface area contributed by atoms with Gasteiger partial charge in [0.25, 0.3) is 0 Å². The Hall–Kier alpha value is -2.31. The van der Waals surface area contributed by atoms with Crippen LogP contribution in [-0.2, 0) is 0 Å². The lowest BCUT2D eigenvalue weighted by Gasteiger charge is -2.20. The van der Waals surface area contributed by atoms with E-state index in [1.165, 1.54) is 0 Å². The Labute approximate surface area is 129 Å². The predicted octanol–water partition coefficient (Wildman–Crippen LogP) is 4.01. The van der Waals surface area contributed by atoms with Gasteiger partial charge in [-0.3, -0.25) is 5.01 Å². The lowest BCUT2D eigenvalue weighted by Crippen LogP contribution is -2.20. The maximum atomic E-state index is 9.47. The number of rotatable bonds is 3. The molecule has 104 valence electrons. The van der Waals surface area contributed by atoms with Gasteiger partial charge in [0.05, 0.1) is 11.8 Å². The van der Waals surface area contributed by atoms with Crippen molar-refractivity contribution in [3.63, 3.8) is 0 Å². The maximum absolute atomic E-state index is 9.47. The van der Waals surface area contributed by atoms with E-state index in [1.54, 1.807) is 12.1 Å². The van der Waals surface area contributed by atoms with E-state index in [0.717, 1.165) is 29.8 Å². The van der Waals surface area contributed by atoms with Crippen molar-refractivity contribution in [1.29, 1.82) is 5.26 Å². The summed E-state index contributed by atoms with van der Waals surface area (Å²) in [7, 11) is 0. The smallest absolute Gasteiger partial charge is 0.158 e. The summed E-state index contributed by atoms with van der Waals surface area (Å²) in [5.41, 5.74) is 3.07. The number of hydrazone groups is 1. The molecule has 21 heavy (non-hydrogen) atoms. The highest BCUT2D eigenvalue weighted by molar-refractivity contribution is 6.30. The van der Waals surface area contributed by atoms with E-state index in [0.29, 0.717) is 5.02 Å². The second-order valence-electron chi connectivity index (χ2n) is 4.91. The van der Waals surface area contributed by atoms with Crippen molar-refractivity contribution >= 4 is 17.3 Å². The molecule has 0 saturated carbocycles. The minimum atomic E-state index is -0.372. The first-order chi connectivity index (χ1) is 10.3. The largest absolute Gasteiger partial charge is 0.275 e. The molecule has 2 aromatic carbocycles. The average molecular weight is 296 g/mol. The first kappa shape index (κ1) is 13.7. The van der Waals surface area contributed by atoms with Gasteiger partial charge >= 0.3 is 0 Å². The van der Waals surface area contributed by atoms with Gasteiger partial charge in [0, 0.05) is 18.0 Å². The third-order valence-corrected chi connectivity index (χ3v) is 3.79. The number of nitriles is 1. The minimum absolute atomic E-state index is 0.372. The summed E-state index contributed by atoms with van der Waals surface area (Å²) in [5.74, 6) is 0. The van der Waals surface area contributed by atoms with Crippen LogP contribution >= 0.6 is 11.6 Å². The molecule has 0 aliphatic carbocycles. The van der Waals surface area contributed by atoms with Crippen molar-refractivity contribution in [3.8, 4) is 6.07 Å². The Morgan fingerprint density at radius 3 is 2.48 bits per heavy atom. The van der Waals surface area contributed by atoms with Crippen LogP contribution in [0.4, 0.5) is 0 Å². The van der Waals surface area contributed by atoms with Gasteiger partial charge in [-0.15, -0.1) is 0 Å². The van der Waals surface area contributed by atoms with Gasteiger partial charge in [0.1, 0.15) is 0 Å². The zero-order valence-electron chi connectivity index (χ0n) is 11.4. The van der Waals surface area contributed by atoms with Crippen LogP contribution in [0.25, 0.3) is 0 Å². The van der Waals surface area contributed by atoms with Crippen LogP contribution in [0, 0.1) is 11.3 Å². The lowest BCUT2D eigenvalue weighted by atomic mass is 10.1. The van der Waals surface area contributed by atoms with E-state index < -0.39 is 0 Å². The summed E-state index contributed by atoms with van der Waals surface area (Å²) < 4.78 is 0. The minimum Gasteiger partial charge on any atom is -0.275 e. The molecular weight excluding hydrogens is 282 g/mol. The van der Waals surface area contributed by atoms with Crippen molar-refractivity contribution < 1.29 is 0 Å². The van der Waals surface area contributed by atoms with Gasteiger partial charge in [0.2, 0.25) is 0 Å². The van der Waals surface area contributed by atoms with Gasteiger partial charge in [-0.05, 0) is 23.3 Å². The van der Waals surface area contributed by atoms with Crippen molar-refractivity contribution in [2.24, 2.45) is 5.10 Å². The van der Waals surface area contributed by atoms with Crippen molar-refractivity contribution in [2.75, 3.05) is 6.54 Å². The van der Waals surface area contributed by atoms with E-state index in [9.17, 15) is 5.26 Å². The lowest BCUT2D eigenvalue weighted by molar-refractivity contribution is 0.275. The molecule has 1 atom stereocenters. The van der Waals surface area contributed by atoms with Crippen LogP contribution in [0.1, 0.15) is 23.6 Å². The molecule has 0 spiro atoms. The van der Waals surface area contributed by atoms with Gasteiger partial charge in [-0.1, -0.05) is 54.1 Å². The molecule has 0 N–H and O–H groups in total. The number of hydrogen-bond donors (Lipinski definition) is 0. The molecule has 0 aromatic heterocycles. The molecule has 0 bridgehead atoms. The fourth-order valence-electron chi connectivity index (χ4n) is 2.45. The van der Waals surface area contributed by atoms with E-state index in [4.69, 9.17) is 11.6 Å². The summed E-state index contributed by atoms with van der Waals surface area (Å²) >= 11 is 5.90. The van der Waals surface area contributed by atoms with E-state index in [1.807, 2.05) is 47.5 Å². The molecule has 1 heterocycles. The number of hydrogen-bond acceptors (Lipinski definition) is 3.